The van der Waals surface area contributed by atoms with Crippen molar-refractivity contribution >= 4 is 34.1 Å². The first-order valence-corrected chi connectivity index (χ1v) is 9.25. The number of fused-ring (bicyclic) bond motifs is 1. The Labute approximate surface area is 166 Å². The number of aliphatic carboxylic acids is 1. The SMILES string of the molecule is CC[C@@]1(C(=O)NC(CC(=O)O)C(=O)CF)CC(c2cccc3ccccc23)=NO1. The molecule has 0 saturated carbocycles. The highest BCUT2D eigenvalue weighted by Gasteiger charge is 2.46. The van der Waals surface area contributed by atoms with Crippen LogP contribution >= 0.6 is 0 Å². The highest BCUT2D eigenvalue weighted by molar-refractivity contribution is 6.13. The second kappa shape index (κ2) is 8.38. The van der Waals surface area contributed by atoms with E-state index in [4.69, 9.17) is 9.94 Å². The van der Waals surface area contributed by atoms with Crippen molar-refractivity contribution in [3.63, 3.8) is 0 Å². The maximum atomic E-state index is 12.9. The topological polar surface area (TPSA) is 105 Å². The summed E-state index contributed by atoms with van der Waals surface area (Å²) in [7, 11) is 0. The second-order valence-electron chi connectivity index (χ2n) is 6.90. The van der Waals surface area contributed by atoms with Gasteiger partial charge in [-0.05, 0) is 17.2 Å². The van der Waals surface area contributed by atoms with Crippen LogP contribution in [0.3, 0.4) is 0 Å². The van der Waals surface area contributed by atoms with E-state index < -0.39 is 42.4 Å². The average Bonchev–Trinajstić information content (AvgIpc) is 3.17. The van der Waals surface area contributed by atoms with Gasteiger partial charge in [-0.3, -0.25) is 14.4 Å². The number of amides is 1. The molecule has 7 nitrogen and oxygen atoms in total. The minimum atomic E-state index is -1.46. The lowest BCUT2D eigenvalue weighted by Gasteiger charge is -2.26. The molecule has 152 valence electrons. The van der Waals surface area contributed by atoms with Gasteiger partial charge in [0.1, 0.15) is 12.7 Å². The molecule has 1 heterocycles. The standard InChI is InChI=1S/C21H21FN2O5/c1-2-21(20(28)23-16(10-19(26)27)18(25)12-22)11-17(24-29-21)15-9-5-7-13-6-3-4-8-14(13)15/h3-9,16H,2,10-12H2,1H3,(H,23,28)(H,26,27)/t16?,21-/m0/s1. The number of carbonyl (C=O) groups is 3. The van der Waals surface area contributed by atoms with Gasteiger partial charge in [-0.2, -0.15) is 0 Å². The number of nitrogens with one attached hydrogen (secondary N) is 1. The predicted molar refractivity (Wildman–Crippen MR) is 104 cm³/mol. The monoisotopic (exact) mass is 400 g/mol. The van der Waals surface area contributed by atoms with Crippen molar-refractivity contribution in [3.05, 3.63) is 48.0 Å². The van der Waals surface area contributed by atoms with Crippen molar-refractivity contribution in [2.75, 3.05) is 6.67 Å². The lowest BCUT2D eigenvalue weighted by Crippen LogP contribution is -2.53. The molecule has 8 heteroatoms. The van der Waals surface area contributed by atoms with Crippen LogP contribution in [-0.2, 0) is 19.2 Å². The number of hydrogen-bond acceptors (Lipinski definition) is 5. The number of rotatable bonds is 8. The summed E-state index contributed by atoms with van der Waals surface area (Å²) in [5, 5.41) is 17.4. The number of hydrogen-bond donors (Lipinski definition) is 2. The summed E-state index contributed by atoms with van der Waals surface area (Å²) in [5.41, 5.74) is 0.0122. The quantitative estimate of drug-likeness (QED) is 0.709. The Hall–Kier alpha value is -3.29. The summed E-state index contributed by atoms with van der Waals surface area (Å²) in [6.45, 7) is 0.361. The van der Waals surface area contributed by atoms with E-state index in [1.165, 1.54) is 0 Å². The number of oxime groups is 1. The molecule has 2 aromatic carbocycles. The summed E-state index contributed by atoms with van der Waals surface area (Å²) in [5.74, 6) is -3.00. The number of carboxylic acid groups (broad SMARTS) is 1. The van der Waals surface area contributed by atoms with Gasteiger partial charge in [-0.15, -0.1) is 0 Å². The molecule has 0 aromatic heterocycles. The fourth-order valence-corrected chi connectivity index (χ4v) is 3.37. The van der Waals surface area contributed by atoms with E-state index in [0.717, 1.165) is 16.3 Å². The largest absolute Gasteiger partial charge is 0.481 e. The molecule has 0 aliphatic carbocycles. The van der Waals surface area contributed by atoms with Crippen LogP contribution in [-0.4, -0.2) is 46.8 Å². The van der Waals surface area contributed by atoms with Gasteiger partial charge in [-0.1, -0.05) is 54.5 Å². The molecular formula is C21H21FN2O5. The Balaban J connectivity index is 1.83. The number of alkyl halides is 1. The Morgan fingerprint density at radius 1 is 1.24 bits per heavy atom. The summed E-state index contributed by atoms with van der Waals surface area (Å²) < 4.78 is 12.8. The first-order valence-electron chi connectivity index (χ1n) is 9.25. The van der Waals surface area contributed by atoms with Gasteiger partial charge >= 0.3 is 5.97 Å². The van der Waals surface area contributed by atoms with Gasteiger partial charge in [0.2, 0.25) is 5.60 Å². The predicted octanol–water partition coefficient (Wildman–Crippen LogP) is 2.61. The Morgan fingerprint density at radius 3 is 2.66 bits per heavy atom. The zero-order chi connectivity index (χ0) is 21.0. The van der Waals surface area contributed by atoms with Crippen LogP contribution in [0.25, 0.3) is 10.8 Å². The molecule has 1 aliphatic rings. The van der Waals surface area contributed by atoms with Crippen molar-refractivity contribution in [3.8, 4) is 0 Å². The van der Waals surface area contributed by atoms with Crippen LogP contribution in [0.5, 0.6) is 0 Å². The van der Waals surface area contributed by atoms with E-state index in [1.807, 2.05) is 42.5 Å². The Bertz CT molecular complexity index is 985. The molecular weight excluding hydrogens is 379 g/mol. The van der Waals surface area contributed by atoms with Gasteiger partial charge < -0.3 is 15.3 Å². The van der Waals surface area contributed by atoms with Crippen molar-refractivity contribution in [2.24, 2.45) is 5.16 Å². The molecule has 2 N–H and O–H groups in total. The zero-order valence-electron chi connectivity index (χ0n) is 15.9. The van der Waals surface area contributed by atoms with Crippen molar-refractivity contribution in [2.45, 2.75) is 37.8 Å². The van der Waals surface area contributed by atoms with E-state index in [9.17, 15) is 18.8 Å². The maximum absolute atomic E-state index is 12.9. The minimum absolute atomic E-state index is 0.146. The number of benzene rings is 2. The molecule has 1 amide bonds. The third-order valence-electron chi connectivity index (χ3n) is 5.07. The number of Topliss-reactive ketones (excluding diaryl/α,β-unsaturated/α-hetero) is 1. The number of carbonyl (C=O) groups excluding carboxylic acids is 2. The van der Waals surface area contributed by atoms with Crippen molar-refractivity contribution in [1.82, 2.24) is 5.32 Å². The molecule has 0 fully saturated rings. The molecule has 0 radical (unpaired) electrons. The van der Waals surface area contributed by atoms with Crippen LogP contribution in [0.1, 0.15) is 31.7 Å². The average molecular weight is 400 g/mol. The van der Waals surface area contributed by atoms with Crippen LogP contribution in [0.2, 0.25) is 0 Å². The van der Waals surface area contributed by atoms with E-state index >= 15 is 0 Å². The number of carboxylic acids is 1. The molecule has 3 rings (SSSR count). The third-order valence-corrected chi connectivity index (χ3v) is 5.07. The number of halogens is 1. The van der Waals surface area contributed by atoms with Gasteiger partial charge in [0, 0.05) is 12.0 Å². The summed E-state index contributed by atoms with van der Waals surface area (Å²) in [4.78, 5) is 41.0. The molecule has 2 aromatic rings. The molecule has 0 spiro atoms. The first-order chi connectivity index (χ1) is 13.9. The van der Waals surface area contributed by atoms with E-state index in [1.54, 1.807) is 6.92 Å². The Morgan fingerprint density at radius 2 is 1.97 bits per heavy atom. The first kappa shape index (κ1) is 20.4. The smallest absolute Gasteiger partial charge is 0.305 e. The number of ketones is 1. The van der Waals surface area contributed by atoms with Crippen molar-refractivity contribution < 1.29 is 28.7 Å². The van der Waals surface area contributed by atoms with Gasteiger partial charge in [0.05, 0.1) is 12.1 Å². The normalized spacial score (nSPS) is 19.3. The number of nitrogens with zero attached hydrogens (tertiary/aromatic N) is 1. The summed E-state index contributed by atoms with van der Waals surface area (Å²) >= 11 is 0. The fraction of sp³-hybridized carbons (Fsp3) is 0.333. The lowest BCUT2D eigenvalue weighted by molar-refractivity contribution is -0.148. The van der Waals surface area contributed by atoms with Crippen LogP contribution < -0.4 is 5.32 Å². The molecule has 0 saturated heterocycles. The molecule has 1 unspecified atom stereocenters. The molecule has 1 aliphatic heterocycles. The van der Waals surface area contributed by atoms with Crippen LogP contribution in [0.15, 0.2) is 47.6 Å². The highest BCUT2D eigenvalue weighted by atomic mass is 19.1. The molecule has 0 bridgehead atoms. The van der Waals surface area contributed by atoms with Gasteiger partial charge in [-0.25, -0.2) is 4.39 Å². The minimum Gasteiger partial charge on any atom is -0.481 e. The van der Waals surface area contributed by atoms with E-state index in [2.05, 4.69) is 10.5 Å². The van der Waals surface area contributed by atoms with Gasteiger partial charge in [0.15, 0.2) is 5.78 Å². The third kappa shape index (κ3) is 4.11. The summed E-state index contributed by atoms with van der Waals surface area (Å²) in [6.07, 6.45) is -0.321. The molecule has 29 heavy (non-hydrogen) atoms. The van der Waals surface area contributed by atoms with E-state index in [0.29, 0.717) is 5.71 Å². The van der Waals surface area contributed by atoms with Crippen LogP contribution in [0.4, 0.5) is 4.39 Å². The lowest BCUT2D eigenvalue weighted by atomic mass is 9.89. The summed E-state index contributed by atoms with van der Waals surface area (Å²) in [6, 6.07) is 12.0. The Kier molecular flexibility index (Phi) is 5.91. The molecule has 2 atom stereocenters. The maximum Gasteiger partial charge on any atom is 0.305 e. The van der Waals surface area contributed by atoms with E-state index in [-0.39, 0.29) is 12.8 Å². The second-order valence-corrected chi connectivity index (χ2v) is 6.90. The fourth-order valence-electron chi connectivity index (χ4n) is 3.37. The van der Waals surface area contributed by atoms with Crippen molar-refractivity contribution in [1.29, 1.82) is 0 Å². The van der Waals surface area contributed by atoms with Crippen LogP contribution in [0, 0.1) is 0 Å². The highest BCUT2D eigenvalue weighted by Crippen LogP contribution is 2.32. The van der Waals surface area contributed by atoms with Gasteiger partial charge in [0.25, 0.3) is 5.91 Å². The zero-order valence-corrected chi connectivity index (χ0v) is 15.9.